The van der Waals surface area contributed by atoms with Crippen molar-refractivity contribution in [2.75, 3.05) is 6.54 Å². The van der Waals surface area contributed by atoms with Crippen molar-refractivity contribution in [2.24, 2.45) is 11.7 Å². The SMILES string of the molecule is CC(C)[C@@H](C(N)=O)N(CCc1cncn1Cc1ccccc1)Cc1cccc(Cl)c1Cl. The molecule has 5 nitrogen and oxygen atoms in total. The summed E-state index contributed by atoms with van der Waals surface area (Å²) in [6, 6.07) is 15.4. The van der Waals surface area contributed by atoms with E-state index in [-0.39, 0.29) is 11.8 Å². The van der Waals surface area contributed by atoms with Gasteiger partial charge in [0.15, 0.2) is 0 Å². The number of benzene rings is 2. The van der Waals surface area contributed by atoms with Crippen LogP contribution in [-0.2, 0) is 24.3 Å². The van der Waals surface area contributed by atoms with Crippen LogP contribution in [0, 0.1) is 5.92 Å². The summed E-state index contributed by atoms with van der Waals surface area (Å²) in [5.41, 5.74) is 8.96. The standard InChI is InChI=1S/C24H28Cl2N4O/c1-17(2)23(24(27)31)29(15-19-9-6-10-21(25)22(19)26)12-11-20-13-28-16-30(20)14-18-7-4-3-5-8-18/h3-10,13,16-17,23H,11-12,14-15H2,1-2H3,(H2,27,31)/t23-/m0/s1. The number of imidazole rings is 1. The molecule has 0 aliphatic heterocycles. The second-order valence-corrected chi connectivity index (χ2v) is 8.81. The number of nitrogens with zero attached hydrogens (tertiary/aromatic N) is 3. The van der Waals surface area contributed by atoms with Crippen LogP contribution >= 0.6 is 23.2 Å². The number of halogens is 2. The van der Waals surface area contributed by atoms with E-state index in [0.717, 1.165) is 24.2 Å². The van der Waals surface area contributed by atoms with Gasteiger partial charge < -0.3 is 10.3 Å². The number of hydrogen-bond acceptors (Lipinski definition) is 3. The average Bonchev–Trinajstić information content (AvgIpc) is 3.16. The molecule has 1 heterocycles. The van der Waals surface area contributed by atoms with Gasteiger partial charge >= 0.3 is 0 Å². The van der Waals surface area contributed by atoms with Crippen LogP contribution in [0.25, 0.3) is 0 Å². The van der Waals surface area contributed by atoms with E-state index in [0.29, 0.717) is 23.1 Å². The summed E-state index contributed by atoms with van der Waals surface area (Å²) in [6.45, 7) is 5.87. The second-order valence-electron chi connectivity index (χ2n) is 8.02. The van der Waals surface area contributed by atoms with Crippen molar-refractivity contribution in [1.29, 1.82) is 0 Å². The van der Waals surface area contributed by atoms with Gasteiger partial charge in [0.25, 0.3) is 0 Å². The molecule has 0 spiro atoms. The first kappa shape index (κ1) is 23.3. The molecule has 2 N–H and O–H groups in total. The number of carbonyl (C=O) groups excluding carboxylic acids is 1. The predicted octanol–water partition coefficient (Wildman–Crippen LogP) is 4.79. The van der Waals surface area contributed by atoms with Gasteiger partial charge in [-0.2, -0.15) is 0 Å². The van der Waals surface area contributed by atoms with Crippen LogP contribution < -0.4 is 5.73 Å². The Morgan fingerprint density at radius 3 is 2.55 bits per heavy atom. The lowest BCUT2D eigenvalue weighted by Crippen LogP contribution is -2.48. The van der Waals surface area contributed by atoms with Crippen molar-refractivity contribution < 1.29 is 4.79 Å². The van der Waals surface area contributed by atoms with Crippen LogP contribution in [0.4, 0.5) is 0 Å². The highest BCUT2D eigenvalue weighted by Crippen LogP contribution is 2.28. The van der Waals surface area contributed by atoms with Crippen molar-refractivity contribution in [2.45, 2.75) is 39.4 Å². The Labute approximate surface area is 193 Å². The number of carbonyl (C=O) groups is 1. The Kier molecular flexibility index (Phi) is 8.13. The predicted molar refractivity (Wildman–Crippen MR) is 126 cm³/mol. The van der Waals surface area contributed by atoms with Crippen LogP contribution in [0.3, 0.4) is 0 Å². The van der Waals surface area contributed by atoms with Crippen LogP contribution in [0.2, 0.25) is 10.0 Å². The number of amides is 1. The number of hydrogen-bond donors (Lipinski definition) is 1. The van der Waals surface area contributed by atoms with E-state index in [1.165, 1.54) is 5.56 Å². The number of primary amides is 1. The van der Waals surface area contributed by atoms with E-state index in [1.54, 1.807) is 6.07 Å². The van der Waals surface area contributed by atoms with Crippen LogP contribution in [0.5, 0.6) is 0 Å². The molecule has 1 amide bonds. The molecule has 0 bridgehead atoms. The molecule has 0 unspecified atom stereocenters. The van der Waals surface area contributed by atoms with E-state index < -0.39 is 6.04 Å². The van der Waals surface area contributed by atoms with Gasteiger partial charge in [-0.05, 0) is 23.1 Å². The average molecular weight is 459 g/mol. The third kappa shape index (κ3) is 6.10. The molecule has 0 fully saturated rings. The number of aromatic nitrogens is 2. The van der Waals surface area contributed by atoms with E-state index in [2.05, 4.69) is 26.6 Å². The molecule has 3 aromatic rings. The van der Waals surface area contributed by atoms with Gasteiger partial charge in [-0.15, -0.1) is 0 Å². The fraction of sp³-hybridized carbons (Fsp3) is 0.333. The summed E-state index contributed by atoms with van der Waals surface area (Å²) in [4.78, 5) is 18.7. The number of nitrogens with two attached hydrogens (primary N) is 1. The lowest BCUT2D eigenvalue weighted by Gasteiger charge is -2.32. The van der Waals surface area contributed by atoms with Gasteiger partial charge in [0.05, 0.1) is 22.4 Å². The molecule has 7 heteroatoms. The van der Waals surface area contributed by atoms with Gasteiger partial charge in [0, 0.05) is 37.9 Å². The Hall–Kier alpha value is -2.34. The van der Waals surface area contributed by atoms with E-state index in [4.69, 9.17) is 28.9 Å². The molecule has 0 aliphatic rings. The van der Waals surface area contributed by atoms with Gasteiger partial charge in [-0.25, -0.2) is 4.98 Å². The maximum absolute atomic E-state index is 12.3. The highest BCUT2D eigenvalue weighted by molar-refractivity contribution is 6.42. The van der Waals surface area contributed by atoms with Crippen molar-refractivity contribution in [1.82, 2.24) is 14.5 Å². The molecule has 0 saturated carbocycles. The zero-order valence-electron chi connectivity index (χ0n) is 17.8. The topological polar surface area (TPSA) is 64.2 Å². The van der Waals surface area contributed by atoms with Crippen molar-refractivity contribution in [3.63, 3.8) is 0 Å². The maximum Gasteiger partial charge on any atom is 0.235 e. The van der Waals surface area contributed by atoms with Crippen molar-refractivity contribution in [3.8, 4) is 0 Å². The van der Waals surface area contributed by atoms with Gasteiger partial charge in [-0.1, -0.05) is 79.5 Å². The van der Waals surface area contributed by atoms with Crippen LogP contribution in [0.15, 0.2) is 61.1 Å². The molecule has 164 valence electrons. The minimum atomic E-state index is -0.416. The summed E-state index contributed by atoms with van der Waals surface area (Å²) < 4.78 is 2.13. The fourth-order valence-electron chi connectivity index (χ4n) is 3.87. The summed E-state index contributed by atoms with van der Waals surface area (Å²) in [5.74, 6) is -0.282. The van der Waals surface area contributed by atoms with E-state index >= 15 is 0 Å². The molecular formula is C24H28Cl2N4O. The highest BCUT2D eigenvalue weighted by atomic mass is 35.5. The van der Waals surface area contributed by atoms with E-state index in [9.17, 15) is 4.79 Å². The summed E-state index contributed by atoms with van der Waals surface area (Å²) >= 11 is 12.6. The molecule has 3 rings (SSSR count). The normalized spacial score (nSPS) is 12.5. The Morgan fingerprint density at radius 1 is 1.13 bits per heavy atom. The van der Waals surface area contributed by atoms with Gasteiger partial charge in [-0.3, -0.25) is 9.69 Å². The van der Waals surface area contributed by atoms with Gasteiger partial charge in [0.1, 0.15) is 0 Å². The first-order valence-electron chi connectivity index (χ1n) is 10.4. The summed E-state index contributed by atoms with van der Waals surface area (Å²) in [5, 5.41) is 1.01. The fourth-order valence-corrected chi connectivity index (χ4v) is 4.25. The maximum atomic E-state index is 12.3. The molecule has 31 heavy (non-hydrogen) atoms. The minimum Gasteiger partial charge on any atom is -0.368 e. The Morgan fingerprint density at radius 2 is 1.87 bits per heavy atom. The smallest absolute Gasteiger partial charge is 0.235 e. The molecule has 1 atom stereocenters. The highest BCUT2D eigenvalue weighted by Gasteiger charge is 2.28. The van der Waals surface area contributed by atoms with Gasteiger partial charge in [0.2, 0.25) is 5.91 Å². The lowest BCUT2D eigenvalue weighted by atomic mass is 10.0. The third-order valence-electron chi connectivity index (χ3n) is 5.37. The van der Waals surface area contributed by atoms with E-state index in [1.807, 2.05) is 56.7 Å². The molecule has 0 aliphatic carbocycles. The molecule has 2 aromatic carbocycles. The zero-order valence-corrected chi connectivity index (χ0v) is 19.4. The molecular weight excluding hydrogens is 431 g/mol. The quantitative estimate of drug-likeness (QED) is 0.474. The second kappa shape index (κ2) is 10.8. The monoisotopic (exact) mass is 458 g/mol. The summed E-state index contributed by atoms with van der Waals surface area (Å²) in [6.07, 6.45) is 4.44. The third-order valence-corrected chi connectivity index (χ3v) is 6.23. The van der Waals surface area contributed by atoms with Crippen molar-refractivity contribution in [3.05, 3.63) is 87.9 Å². The largest absolute Gasteiger partial charge is 0.368 e. The molecule has 0 saturated heterocycles. The Bertz CT molecular complexity index is 1000. The van der Waals surface area contributed by atoms with Crippen LogP contribution in [0.1, 0.15) is 30.7 Å². The lowest BCUT2D eigenvalue weighted by molar-refractivity contribution is -0.125. The number of rotatable bonds is 10. The Balaban J connectivity index is 1.80. The minimum absolute atomic E-state index is 0.0599. The summed E-state index contributed by atoms with van der Waals surface area (Å²) in [7, 11) is 0. The first-order valence-corrected chi connectivity index (χ1v) is 11.1. The van der Waals surface area contributed by atoms with Crippen LogP contribution in [-0.4, -0.2) is 32.9 Å². The van der Waals surface area contributed by atoms with Crippen molar-refractivity contribution >= 4 is 29.1 Å². The zero-order chi connectivity index (χ0) is 22.4. The molecule has 1 aromatic heterocycles. The molecule has 0 radical (unpaired) electrons. The first-order chi connectivity index (χ1) is 14.9.